The van der Waals surface area contributed by atoms with E-state index in [1.807, 2.05) is 0 Å². The number of nitrogens with zero attached hydrogens (tertiary/aromatic N) is 1. The van der Waals surface area contributed by atoms with Gasteiger partial charge in [0.25, 0.3) is 11.8 Å². The molecular formula is C21H27N3O8. The first-order valence-electron chi connectivity index (χ1n) is 10.5. The number of carbonyl (C=O) groups is 4. The van der Waals surface area contributed by atoms with E-state index in [9.17, 15) is 19.2 Å². The van der Waals surface area contributed by atoms with Gasteiger partial charge in [-0.15, -0.1) is 0 Å². The second-order valence-electron chi connectivity index (χ2n) is 7.24. The number of rotatable bonds is 14. The van der Waals surface area contributed by atoms with Crippen LogP contribution in [0.4, 0.5) is 5.69 Å². The zero-order valence-electron chi connectivity index (χ0n) is 17.6. The highest BCUT2D eigenvalue weighted by atomic mass is 16.5. The first-order valence-corrected chi connectivity index (χ1v) is 10.5. The summed E-state index contributed by atoms with van der Waals surface area (Å²) in [5.74, 6) is -2.08. The summed E-state index contributed by atoms with van der Waals surface area (Å²) in [6.07, 6.45) is 0.398. The number of amides is 3. The van der Waals surface area contributed by atoms with Gasteiger partial charge in [0.05, 0.1) is 57.2 Å². The fraction of sp³-hybridized carbons (Fsp3) is 0.524. The molecule has 3 amide bonds. The zero-order valence-corrected chi connectivity index (χ0v) is 17.6. The molecule has 1 unspecified atom stereocenters. The Morgan fingerprint density at radius 3 is 2.31 bits per heavy atom. The van der Waals surface area contributed by atoms with Crippen LogP contribution in [0, 0.1) is 0 Å². The van der Waals surface area contributed by atoms with Crippen molar-refractivity contribution >= 4 is 29.4 Å². The molecule has 32 heavy (non-hydrogen) atoms. The quantitative estimate of drug-likeness (QED) is 0.266. The molecule has 0 aromatic heterocycles. The van der Waals surface area contributed by atoms with Gasteiger partial charge in [0.15, 0.2) is 0 Å². The van der Waals surface area contributed by atoms with E-state index >= 15 is 0 Å². The molecule has 0 radical (unpaired) electrons. The number of imide groups is 1. The number of ether oxygens (including phenoxy) is 3. The minimum absolute atomic E-state index is 0.0271. The monoisotopic (exact) mass is 449 g/mol. The maximum absolute atomic E-state index is 12.7. The number of carbonyl (C=O) groups excluding carboxylic acids is 3. The number of nitrogens with one attached hydrogen (secondary N) is 2. The molecule has 1 atom stereocenters. The summed E-state index contributed by atoms with van der Waals surface area (Å²) in [7, 11) is 0. The predicted octanol–water partition coefficient (Wildman–Crippen LogP) is 0.108. The van der Waals surface area contributed by atoms with E-state index in [0.29, 0.717) is 69.4 Å². The molecule has 174 valence electrons. The average molecular weight is 449 g/mol. The topological polar surface area (TPSA) is 144 Å². The smallest absolute Gasteiger partial charge is 0.305 e. The molecule has 1 aromatic rings. The lowest BCUT2D eigenvalue weighted by Crippen LogP contribution is -2.44. The van der Waals surface area contributed by atoms with Crippen LogP contribution in [-0.2, 0) is 23.8 Å². The van der Waals surface area contributed by atoms with Crippen molar-refractivity contribution in [2.45, 2.75) is 18.9 Å². The molecular weight excluding hydrogens is 422 g/mol. The third-order valence-electron chi connectivity index (χ3n) is 5.03. The number of carboxylic acids is 1. The summed E-state index contributed by atoms with van der Waals surface area (Å²) in [5.41, 5.74) is 1.28. The summed E-state index contributed by atoms with van der Waals surface area (Å²) >= 11 is 0. The van der Waals surface area contributed by atoms with Crippen molar-refractivity contribution < 1.29 is 38.5 Å². The second kappa shape index (κ2) is 11.6. The molecule has 3 N–H and O–H groups in total. The zero-order chi connectivity index (χ0) is 22.9. The van der Waals surface area contributed by atoms with Gasteiger partial charge in [0.1, 0.15) is 6.04 Å². The maximum atomic E-state index is 12.7. The first-order chi connectivity index (χ1) is 15.5. The van der Waals surface area contributed by atoms with Crippen molar-refractivity contribution in [3.8, 4) is 0 Å². The third-order valence-corrected chi connectivity index (χ3v) is 5.03. The summed E-state index contributed by atoms with van der Waals surface area (Å²) < 4.78 is 15.9. The van der Waals surface area contributed by atoms with Gasteiger partial charge < -0.3 is 30.0 Å². The predicted molar refractivity (Wildman–Crippen MR) is 112 cm³/mol. The van der Waals surface area contributed by atoms with Crippen molar-refractivity contribution in [2.75, 3.05) is 58.0 Å². The first kappa shape index (κ1) is 23.6. The van der Waals surface area contributed by atoms with Crippen LogP contribution in [0.5, 0.6) is 0 Å². The van der Waals surface area contributed by atoms with Crippen LogP contribution < -0.4 is 10.6 Å². The summed E-state index contributed by atoms with van der Waals surface area (Å²) in [6.45, 7) is 3.01. The van der Waals surface area contributed by atoms with Crippen molar-refractivity contribution in [1.82, 2.24) is 10.2 Å². The average Bonchev–Trinajstić information content (AvgIpc) is 3.29. The molecule has 3 rings (SSSR count). The van der Waals surface area contributed by atoms with Gasteiger partial charge >= 0.3 is 5.97 Å². The minimum Gasteiger partial charge on any atom is -0.481 e. The lowest BCUT2D eigenvalue weighted by Gasteiger charge is -2.18. The van der Waals surface area contributed by atoms with E-state index in [1.54, 1.807) is 18.2 Å². The van der Waals surface area contributed by atoms with E-state index in [-0.39, 0.29) is 18.9 Å². The number of hydrogen-bond acceptors (Lipinski definition) is 8. The Balaban J connectivity index is 1.32. The van der Waals surface area contributed by atoms with Crippen LogP contribution in [0.15, 0.2) is 18.2 Å². The van der Waals surface area contributed by atoms with E-state index < -0.39 is 23.8 Å². The van der Waals surface area contributed by atoms with Crippen molar-refractivity contribution in [2.24, 2.45) is 0 Å². The second-order valence-corrected chi connectivity index (χ2v) is 7.24. The molecule has 1 fully saturated rings. The van der Waals surface area contributed by atoms with Crippen LogP contribution in [0.3, 0.4) is 0 Å². The Morgan fingerprint density at radius 1 is 1.00 bits per heavy atom. The molecule has 0 spiro atoms. The lowest BCUT2D eigenvalue weighted by molar-refractivity contribution is -0.138. The molecule has 11 heteroatoms. The van der Waals surface area contributed by atoms with Crippen molar-refractivity contribution in [3.63, 3.8) is 0 Å². The lowest BCUT2D eigenvalue weighted by atomic mass is 10.1. The highest BCUT2D eigenvalue weighted by Crippen LogP contribution is 2.29. The number of anilines is 1. The highest BCUT2D eigenvalue weighted by Gasteiger charge is 2.44. The Hall–Kier alpha value is -3.02. The van der Waals surface area contributed by atoms with Gasteiger partial charge in [-0.05, 0) is 24.6 Å². The number of aliphatic carboxylic acids is 1. The Morgan fingerprint density at radius 2 is 1.66 bits per heavy atom. The van der Waals surface area contributed by atoms with Gasteiger partial charge in [0, 0.05) is 18.8 Å². The molecule has 0 aliphatic carbocycles. The van der Waals surface area contributed by atoms with Crippen LogP contribution >= 0.6 is 0 Å². The number of carboxylic acid groups (broad SMARTS) is 1. The Kier molecular flexibility index (Phi) is 8.54. The molecule has 0 saturated carbocycles. The number of hydrogen-bond donors (Lipinski definition) is 3. The van der Waals surface area contributed by atoms with Gasteiger partial charge in [-0.1, -0.05) is 0 Å². The maximum Gasteiger partial charge on any atom is 0.305 e. The summed E-state index contributed by atoms with van der Waals surface area (Å²) in [6, 6.07) is 4.19. The number of benzene rings is 1. The molecule has 1 aromatic carbocycles. The Labute approximate surface area is 185 Å². The van der Waals surface area contributed by atoms with Gasteiger partial charge in [-0.3, -0.25) is 24.1 Å². The van der Waals surface area contributed by atoms with Gasteiger partial charge in [-0.2, -0.15) is 0 Å². The van der Waals surface area contributed by atoms with Crippen LogP contribution in [0.2, 0.25) is 0 Å². The fourth-order valence-corrected chi connectivity index (χ4v) is 3.45. The molecule has 11 nitrogen and oxygen atoms in total. The van der Waals surface area contributed by atoms with E-state index in [1.165, 1.54) is 0 Å². The van der Waals surface area contributed by atoms with Crippen molar-refractivity contribution in [3.05, 3.63) is 29.3 Å². The van der Waals surface area contributed by atoms with Crippen molar-refractivity contribution in [1.29, 1.82) is 0 Å². The molecule has 2 aliphatic rings. The highest BCUT2D eigenvalue weighted by molar-refractivity contribution is 6.23. The molecule has 2 heterocycles. The van der Waals surface area contributed by atoms with Crippen LogP contribution in [0.1, 0.15) is 33.6 Å². The largest absolute Gasteiger partial charge is 0.481 e. The SMILES string of the molecule is O=C(O)CCOCCOCCOCCNc1ccc2c(c1)C(=O)N(C1CCNC1=O)C2=O. The third kappa shape index (κ3) is 6.02. The van der Waals surface area contributed by atoms with Crippen LogP contribution in [-0.4, -0.2) is 92.5 Å². The normalized spacial score (nSPS) is 17.6. The number of fused-ring (bicyclic) bond motifs is 1. The molecule has 2 aliphatic heterocycles. The van der Waals surface area contributed by atoms with Crippen LogP contribution in [0.25, 0.3) is 0 Å². The fourth-order valence-electron chi connectivity index (χ4n) is 3.45. The standard InChI is InChI=1S/C21H27N3O8/c25-18(26)4-7-30-9-11-32-12-10-31-8-6-22-14-1-2-15-16(13-14)21(29)24(20(15)28)17-3-5-23-19(17)27/h1-2,13,17,22H,3-12H2,(H,23,27)(H,25,26). The van der Waals surface area contributed by atoms with Gasteiger partial charge in [-0.25, -0.2) is 0 Å². The Bertz CT molecular complexity index is 859. The van der Waals surface area contributed by atoms with E-state index in [4.69, 9.17) is 19.3 Å². The summed E-state index contributed by atoms with van der Waals surface area (Å²) in [5, 5.41) is 14.3. The van der Waals surface area contributed by atoms with E-state index in [2.05, 4.69) is 10.6 Å². The molecule has 0 bridgehead atoms. The van der Waals surface area contributed by atoms with Gasteiger partial charge in [0.2, 0.25) is 5.91 Å². The van der Waals surface area contributed by atoms with E-state index in [0.717, 1.165) is 4.90 Å². The minimum atomic E-state index is -0.895. The molecule has 1 saturated heterocycles. The summed E-state index contributed by atoms with van der Waals surface area (Å²) in [4.78, 5) is 48.6.